The van der Waals surface area contributed by atoms with Crippen molar-refractivity contribution in [2.75, 3.05) is 0 Å². The van der Waals surface area contributed by atoms with E-state index in [1.54, 1.807) is 0 Å². The van der Waals surface area contributed by atoms with Crippen LogP contribution in [-0.2, 0) is 13.8 Å². The van der Waals surface area contributed by atoms with Crippen LogP contribution < -0.4 is 17.1 Å². The summed E-state index contributed by atoms with van der Waals surface area (Å²) in [6.45, 7) is -0.748. The number of rotatable bonds is 1. The number of nitrogens with one attached hydrogen (secondary N) is 1. The molecule has 0 saturated heterocycles. The highest BCUT2D eigenvalue weighted by molar-refractivity contribution is 4.70. The third kappa shape index (κ3) is 1.10. The number of aliphatic hydroxyl groups excluding tert-OH is 1. The minimum Gasteiger partial charge on any atom is -0.376 e. The first-order chi connectivity index (χ1) is 5.57. The first-order valence-corrected chi connectivity index (χ1v) is 3.09. The molecule has 0 spiro atoms. The minimum absolute atomic E-state index is 0.501. The number of nitrogens with zero attached hydrogens (tertiary/aromatic N) is 2. The Morgan fingerprint density at radius 3 is 2.42 bits per heavy atom. The van der Waals surface area contributed by atoms with Crippen molar-refractivity contribution in [2.24, 2.45) is 7.05 Å². The molecule has 0 aromatic carbocycles. The highest BCUT2D eigenvalue weighted by Crippen LogP contribution is 1.60. The Kier molecular flexibility index (Phi) is 1.96. The summed E-state index contributed by atoms with van der Waals surface area (Å²) < 4.78 is 1.19. The maximum Gasteiger partial charge on any atom is 0.337 e. The van der Waals surface area contributed by atoms with Gasteiger partial charge in [-0.1, -0.05) is 0 Å². The van der Waals surface area contributed by atoms with Gasteiger partial charge in [-0.2, -0.15) is 0 Å². The summed E-state index contributed by atoms with van der Waals surface area (Å²) in [4.78, 5) is 34.4. The van der Waals surface area contributed by atoms with Gasteiger partial charge in [0.25, 0.3) is 0 Å². The predicted octanol–water partition coefficient (Wildman–Crippen LogP) is -2.81. The van der Waals surface area contributed by atoms with Crippen LogP contribution in [-0.4, -0.2) is 19.2 Å². The van der Waals surface area contributed by atoms with Gasteiger partial charge in [0.15, 0.2) is 0 Å². The maximum absolute atomic E-state index is 11.0. The Morgan fingerprint density at radius 2 is 1.92 bits per heavy atom. The fraction of sp³-hybridized carbons (Fsp3) is 0.400. The Bertz CT molecular complexity index is 451. The molecular formula is C5H7N3O4. The second kappa shape index (κ2) is 2.78. The first-order valence-electron chi connectivity index (χ1n) is 3.09. The summed E-state index contributed by atoms with van der Waals surface area (Å²) in [6, 6.07) is 0. The molecule has 0 aliphatic carbocycles. The average molecular weight is 173 g/mol. The van der Waals surface area contributed by atoms with Crippen molar-refractivity contribution in [3.05, 3.63) is 31.5 Å². The van der Waals surface area contributed by atoms with E-state index in [4.69, 9.17) is 5.11 Å². The van der Waals surface area contributed by atoms with Crippen molar-refractivity contribution < 1.29 is 5.11 Å². The molecule has 1 aromatic rings. The Morgan fingerprint density at radius 1 is 1.33 bits per heavy atom. The van der Waals surface area contributed by atoms with E-state index in [0.717, 1.165) is 0 Å². The van der Waals surface area contributed by atoms with E-state index in [-0.39, 0.29) is 0 Å². The molecule has 0 atom stereocenters. The molecule has 66 valence electrons. The Hall–Kier alpha value is -1.63. The Balaban J connectivity index is 3.76. The molecule has 2 N–H and O–H groups in total. The molecule has 0 bridgehead atoms. The monoisotopic (exact) mass is 173 g/mol. The van der Waals surface area contributed by atoms with Crippen LogP contribution in [0, 0.1) is 0 Å². The summed E-state index contributed by atoms with van der Waals surface area (Å²) in [5.74, 6) is 0. The predicted molar refractivity (Wildman–Crippen MR) is 38.8 cm³/mol. The van der Waals surface area contributed by atoms with E-state index in [1.807, 2.05) is 4.98 Å². The van der Waals surface area contributed by atoms with Gasteiger partial charge < -0.3 is 5.11 Å². The largest absolute Gasteiger partial charge is 0.376 e. The Labute approximate surface area is 65.5 Å². The number of H-pyrrole nitrogens is 1. The molecule has 1 aromatic heterocycles. The molecule has 7 heteroatoms. The van der Waals surface area contributed by atoms with Crippen molar-refractivity contribution in [3.8, 4) is 0 Å². The summed E-state index contributed by atoms with van der Waals surface area (Å²) in [6.07, 6.45) is 0. The van der Waals surface area contributed by atoms with Crippen LogP contribution in [0.2, 0.25) is 0 Å². The molecule has 0 aliphatic heterocycles. The minimum atomic E-state index is -0.911. The second-order valence-corrected chi connectivity index (χ2v) is 2.15. The van der Waals surface area contributed by atoms with Crippen LogP contribution in [0.5, 0.6) is 0 Å². The van der Waals surface area contributed by atoms with E-state index in [9.17, 15) is 14.4 Å². The van der Waals surface area contributed by atoms with Crippen LogP contribution in [0.25, 0.3) is 0 Å². The van der Waals surface area contributed by atoms with Gasteiger partial charge in [0.05, 0.1) is 0 Å². The van der Waals surface area contributed by atoms with Crippen molar-refractivity contribution in [3.63, 3.8) is 0 Å². The van der Waals surface area contributed by atoms with Crippen molar-refractivity contribution >= 4 is 0 Å². The molecule has 0 aliphatic rings. The van der Waals surface area contributed by atoms with Gasteiger partial charge in [-0.3, -0.25) is 4.98 Å². The third-order valence-corrected chi connectivity index (χ3v) is 1.42. The van der Waals surface area contributed by atoms with Crippen LogP contribution in [0.1, 0.15) is 0 Å². The summed E-state index contributed by atoms with van der Waals surface area (Å²) in [5.41, 5.74) is -2.55. The van der Waals surface area contributed by atoms with Gasteiger partial charge in [-0.15, -0.1) is 0 Å². The van der Waals surface area contributed by atoms with E-state index >= 15 is 0 Å². The molecule has 0 radical (unpaired) electrons. The van der Waals surface area contributed by atoms with E-state index in [2.05, 4.69) is 0 Å². The zero-order valence-electron chi connectivity index (χ0n) is 6.27. The van der Waals surface area contributed by atoms with E-state index in [1.165, 1.54) is 7.05 Å². The molecule has 0 amide bonds. The summed E-state index contributed by atoms with van der Waals surface area (Å²) in [7, 11) is 1.20. The molecule has 7 nitrogen and oxygen atoms in total. The smallest absolute Gasteiger partial charge is 0.337 e. The number of hydrogen-bond acceptors (Lipinski definition) is 4. The van der Waals surface area contributed by atoms with Crippen molar-refractivity contribution in [1.29, 1.82) is 0 Å². The van der Waals surface area contributed by atoms with Crippen molar-refractivity contribution in [2.45, 2.75) is 6.73 Å². The van der Waals surface area contributed by atoms with Gasteiger partial charge >= 0.3 is 17.1 Å². The summed E-state index contributed by atoms with van der Waals surface area (Å²) >= 11 is 0. The van der Waals surface area contributed by atoms with Gasteiger partial charge in [0.1, 0.15) is 6.73 Å². The molecule has 0 fully saturated rings. The molecule has 12 heavy (non-hydrogen) atoms. The first kappa shape index (κ1) is 8.47. The molecule has 0 unspecified atom stereocenters. The number of aliphatic hydroxyl groups is 1. The van der Waals surface area contributed by atoms with Crippen LogP contribution in [0.15, 0.2) is 14.4 Å². The molecule has 0 saturated carbocycles. The van der Waals surface area contributed by atoms with Crippen LogP contribution in [0.4, 0.5) is 0 Å². The highest BCUT2D eigenvalue weighted by atomic mass is 16.3. The quantitative estimate of drug-likeness (QED) is 0.478. The fourth-order valence-electron chi connectivity index (χ4n) is 0.722. The van der Waals surface area contributed by atoms with E-state index in [0.29, 0.717) is 9.13 Å². The lowest BCUT2D eigenvalue weighted by Gasteiger charge is -1.99. The highest BCUT2D eigenvalue weighted by Gasteiger charge is 2.03. The SMILES string of the molecule is Cn1c(=O)[nH]c(=O)n(CO)c1=O. The van der Waals surface area contributed by atoms with Gasteiger partial charge in [-0.25, -0.2) is 23.5 Å². The third-order valence-electron chi connectivity index (χ3n) is 1.42. The summed E-state index contributed by atoms with van der Waals surface area (Å²) in [5, 5.41) is 8.54. The topological polar surface area (TPSA) is 97.1 Å². The van der Waals surface area contributed by atoms with Crippen molar-refractivity contribution in [1.82, 2.24) is 14.1 Å². The molecule has 1 rings (SSSR count). The number of aromatic nitrogens is 3. The molecular weight excluding hydrogens is 166 g/mol. The van der Waals surface area contributed by atoms with E-state index < -0.39 is 23.8 Å². The lowest BCUT2D eigenvalue weighted by Crippen LogP contribution is -2.48. The fourth-order valence-corrected chi connectivity index (χ4v) is 0.722. The number of aromatic amines is 1. The lowest BCUT2D eigenvalue weighted by molar-refractivity contribution is 0.194. The molecule has 1 heterocycles. The second-order valence-electron chi connectivity index (χ2n) is 2.15. The average Bonchev–Trinajstić information content (AvgIpc) is 2.01. The van der Waals surface area contributed by atoms with Crippen LogP contribution in [0.3, 0.4) is 0 Å². The number of hydrogen-bond donors (Lipinski definition) is 2. The normalized spacial score (nSPS) is 10.2. The lowest BCUT2D eigenvalue weighted by atomic mass is 10.8. The van der Waals surface area contributed by atoms with Gasteiger partial charge in [0, 0.05) is 7.05 Å². The standard InChI is InChI=1S/C5H7N3O4/c1-7-3(10)6-4(11)8(2-9)5(7)12/h9H,2H2,1H3,(H,6,10,11). The van der Waals surface area contributed by atoms with Crippen LogP contribution >= 0.6 is 0 Å². The van der Waals surface area contributed by atoms with Gasteiger partial charge in [-0.05, 0) is 0 Å². The zero-order chi connectivity index (χ0) is 9.30. The maximum atomic E-state index is 11.0. The zero-order valence-corrected chi connectivity index (χ0v) is 6.27. The van der Waals surface area contributed by atoms with Gasteiger partial charge in [0.2, 0.25) is 0 Å².